The molecule has 0 N–H and O–H groups in total. The van der Waals surface area contributed by atoms with Crippen molar-refractivity contribution in [3.05, 3.63) is 23.0 Å². The Morgan fingerprint density at radius 1 is 1.25 bits per heavy atom. The fourth-order valence-electron chi connectivity index (χ4n) is 3.26. The maximum Gasteiger partial charge on any atom is 0.140 e. The number of aryl methyl sites for hydroxylation is 1. The normalized spacial score (nSPS) is 24.8. The molecule has 0 saturated carbocycles. The van der Waals surface area contributed by atoms with Gasteiger partial charge in [0, 0.05) is 30.8 Å². The summed E-state index contributed by atoms with van der Waals surface area (Å²) in [4.78, 5) is 11.7. The molecule has 0 fully saturated rings. The number of fused-ring (bicyclic) bond motifs is 3. The summed E-state index contributed by atoms with van der Waals surface area (Å²) in [6.45, 7) is 2.17. The molecule has 1 aromatic rings. The van der Waals surface area contributed by atoms with Crippen LogP contribution in [0, 0.1) is 0 Å². The van der Waals surface area contributed by atoms with E-state index in [4.69, 9.17) is 0 Å². The van der Waals surface area contributed by atoms with Crippen molar-refractivity contribution >= 4 is 5.78 Å². The van der Waals surface area contributed by atoms with E-state index in [1.54, 1.807) is 0 Å². The van der Waals surface area contributed by atoms with Crippen LogP contribution in [0.2, 0.25) is 0 Å². The van der Waals surface area contributed by atoms with Crippen LogP contribution < -0.4 is 0 Å². The summed E-state index contributed by atoms with van der Waals surface area (Å²) in [5.74, 6) is 0.421. The number of Topliss-reactive ketones (excluding diaryl/α,β-unsaturated/α-hetero) is 1. The van der Waals surface area contributed by atoms with E-state index < -0.39 is 0 Å². The van der Waals surface area contributed by atoms with Gasteiger partial charge in [0.05, 0.1) is 0 Å². The Morgan fingerprint density at radius 2 is 2.06 bits per heavy atom. The van der Waals surface area contributed by atoms with Crippen molar-refractivity contribution in [2.24, 2.45) is 0 Å². The highest BCUT2D eigenvalue weighted by molar-refractivity contribution is 5.82. The van der Waals surface area contributed by atoms with Crippen molar-refractivity contribution in [2.75, 3.05) is 0 Å². The molecular formula is C14H19NO. The number of rotatable bonds is 0. The van der Waals surface area contributed by atoms with Gasteiger partial charge in [-0.3, -0.25) is 4.79 Å². The highest BCUT2D eigenvalue weighted by Crippen LogP contribution is 2.32. The van der Waals surface area contributed by atoms with E-state index in [0.29, 0.717) is 18.2 Å². The number of hydrogen-bond donors (Lipinski definition) is 0. The lowest BCUT2D eigenvalue weighted by molar-refractivity contribution is -0.120. The van der Waals surface area contributed by atoms with E-state index in [9.17, 15) is 4.79 Å². The zero-order chi connectivity index (χ0) is 11.1. The predicted molar refractivity (Wildman–Crippen MR) is 63.7 cm³/mol. The summed E-state index contributed by atoms with van der Waals surface area (Å²) in [7, 11) is 0. The first kappa shape index (κ1) is 10.1. The average molecular weight is 217 g/mol. The minimum atomic E-state index is 0.378. The molecule has 86 valence electrons. The molecule has 16 heavy (non-hydrogen) atoms. The van der Waals surface area contributed by atoms with Crippen LogP contribution in [0.1, 0.15) is 55.5 Å². The first-order chi connectivity index (χ1) is 7.75. The molecule has 1 aromatic heterocycles. The standard InChI is InChI=1S/C14H19NO/c1-10-7-12(16)8-14-13-6-4-2-3-5-11(13)9-15(10)14/h9-10H,2-8H2,1H3. The molecule has 1 aliphatic heterocycles. The lowest BCUT2D eigenvalue weighted by atomic mass is 9.98. The Hall–Kier alpha value is -1.05. The van der Waals surface area contributed by atoms with Gasteiger partial charge in [-0.25, -0.2) is 0 Å². The second-order valence-electron chi connectivity index (χ2n) is 5.32. The second kappa shape index (κ2) is 3.76. The van der Waals surface area contributed by atoms with E-state index in [2.05, 4.69) is 17.7 Å². The van der Waals surface area contributed by atoms with Gasteiger partial charge in [0.15, 0.2) is 0 Å². The summed E-state index contributed by atoms with van der Waals surface area (Å²) >= 11 is 0. The Bertz CT molecular complexity index is 430. The van der Waals surface area contributed by atoms with Crippen molar-refractivity contribution < 1.29 is 4.79 Å². The third-order valence-electron chi connectivity index (χ3n) is 4.08. The van der Waals surface area contributed by atoms with Crippen LogP contribution in [0.5, 0.6) is 0 Å². The molecule has 0 saturated heterocycles. The van der Waals surface area contributed by atoms with Crippen LogP contribution in [0.4, 0.5) is 0 Å². The summed E-state index contributed by atoms with van der Waals surface area (Å²) in [6.07, 6.45) is 10.1. The number of ketones is 1. The van der Waals surface area contributed by atoms with E-state index in [0.717, 1.165) is 6.42 Å². The van der Waals surface area contributed by atoms with Gasteiger partial charge < -0.3 is 4.57 Å². The van der Waals surface area contributed by atoms with Gasteiger partial charge in [0.1, 0.15) is 5.78 Å². The quantitative estimate of drug-likeness (QED) is 0.612. The van der Waals surface area contributed by atoms with Crippen LogP contribution in [-0.4, -0.2) is 10.4 Å². The molecule has 0 bridgehead atoms. The van der Waals surface area contributed by atoms with E-state index in [-0.39, 0.29) is 0 Å². The predicted octanol–water partition coefficient (Wildman–Crippen LogP) is 2.83. The molecule has 0 aromatic carbocycles. The van der Waals surface area contributed by atoms with E-state index in [1.165, 1.54) is 48.9 Å². The molecule has 1 aliphatic carbocycles. The van der Waals surface area contributed by atoms with E-state index >= 15 is 0 Å². The van der Waals surface area contributed by atoms with Gasteiger partial charge in [-0.05, 0) is 43.7 Å². The Morgan fingerprint density at radius 3 is 2.94 bits per heavy atom. The maximum atomic E-state index is 11.7. The molecular weight excluding hydrogens is 198 g/mol. The summed E-state index contributed by atoms with van der Waals surface area (Å²) < 4.78 is 2.37. The first-order valence-corrected chi connectivity index (χ1v) is 6.49. The monoisotopic (exact) mass is 217 g/mol. The Kier molecular flexibility index (Phi) is 2.38. The molecule has 0 radical (unpaired) electrons. The smallest absolute Gasteiger partial charge is 0.140 e. The molecule has 2 aliphatic rings. The SMILES string of the molecule is CC1CC(=O)Cc2c3c(cn21)CCCCC3. The van der Waals surface area contributed by atoms with Gasteiger partial charge in [-0.2, -0.15) is 0 Å². The number of aromatic nitrogens is 1. The van der Waals surface area contributed by atoms with Crippen molar-refractivity contribution in [3.8, 4) is 0 Å². The fourth-order valence-corrected chi connectivity index (χ4v) is 3.26. The minimum absolute atomic E-state index is 0.378. The van der Waals surface area contributed by atoms with E-state index in [1.807, 2.05) is 0 Å². The zero-order valence-corrected chi connectivity index (χ0v) is 9.96. The van der Waals surface area contributed by atoms with Gasteiger partial charge in [0.25, 0.3) is 0 Å². The summed E-state index contributed by atoms with van der Waals surface area (Å²) in [5.41, 5.74) is 4.37. The van der Waals surface area contributed by atoms with Crippen molar-refractivity contribution in [1.82, 2.24) is 4.57 Å². The molecule has 3 rings (SSSR count). The number of carbonyl (C=O) groups excluding carboxylic acids is 1. The Labute approximate surface area is 96.6 Å². The number of nitrogens with zero attached hydrogens (tertiary/aromatic N) is 1. The number of carbonyl (C=O) groups is 1. The molecule has 0 spiro atoms. The van der Waals surface area contributed by atoms with Crippen LogP contribution in [-0.2, 0) is 24.1 Å². The third kappa shape index (κ3) is 1.51. The maximum absolute atomic E-state index is 11.7. The van der Waals surface area contributed by atoms with Gasteiger partial charge in [-0.1, -0.05) is 6.42 Å². The zero-order valence-electron chi connectivity index (χ0n) is 9.96. The topological polar surface area (TPSA) is 22.0 Å². The molecule has 1 unspecified atom stereocenters. The van der Waals surface area contributed by atoms with Gasteiger partial charge in [-0.15, -0.1) is 0 Å². The molecule has 1 atom stereocenters. The summed E-state index contributed by atoms with van der Waals surface area (Å²) in [6, 6.07) is 0.378. The molecule has 2 heteroatoms. The van der Waals surface area contributed by atoms with Crippen LogP contribution in [0.3, 0.4) is 0 Å². The van der Waals surface area contributed by atoms with Crippen LogP contribution >= 0.6 is 0 Å². The van der Waals surface area contributed by atoms with Crippen LogP contribution in [0.15, 0.2) is 6.20 Å². The second-order valence-corrected chi connectivity index (χ2v) is 5.32. The molecule has 2 heterocycles. The highest BCUT2D eigenvalue weighted by Gasteiger charge is 2.26. The first-order valence-electron chi connectivity index (χ1n) is 6.49. The van der Waals surface area contributed by atoms with Gasteiger partial charge >= 0.3 is 0 Å². The number of hydrogen-bond acceptors (Lipinski definition) is 1. The lowest BCUT2D eigenvalue weighted by Gasteiger charge is -2.22. The minimum Gasteiger partial charge on any atom is -0.347 e. The lowest BCUT2D eigenvalue weighted by Crippen LogP contribution is -2.22. The third-order valence-corrected chi connectivity index (χ3v) is 4.08. The van der Waals surface area contributed by atoms with Crippen molar-refractivity contribution in [3.63, 3.8) is 0 Å². The highest BCUT2D eigenvalue weighted by atomic mass is 16.1. The molecule has 0 amide bonds. The van der Waals surface area contributed by atoms with Crippen molar-refractivity contribution in [1.29, 1.82) is 0 Å². The Balaban J connectivity index is 2.08. The average Bonchev–Trinajstić information content (AvgIpc) is 2.46. The summed E-state index contributed by atoms with van der Waals surface area (Å²) in [5, 5.41) is 0. The molecule has 2 nitrogen and oxygen atoms in total. The largest absolute Gasteiger partial charge is 0.347 e. The van der Waals surface area contributed by atoms with Crippen LogP contribution in [0.25, 0.3) is 0 Å². The van der Waals surface area contributed by atoms with Gasteiger partial charge in [0.2, 0.25) is 0 Å². The van der Waals surface area contributed by atoms with Crippen molar-refractivity contribution in [2.45, 2.75) is 57.9 Å². The fraction of sp³-hybridized carbons (Fsp3) is 0.643.